The van der Waals surface area contributed by atoms with E-state index in [4.69, 9.17) is 0 Å². The third kappa shape index (κ3) is 8.81. The smallest absolute Gasteiger partial charge is 0.246 e. The second kappa shape index (κ2) is 11.6. The molecule has 0 fully saturated rings. The molecule has 31 heavy (non-hydrogen) atoms. The lowest BCUT2D eigenvalue weighted by molar-refractivity contribution is -0.129. The van der Waals surface area contributed by atoms with Crippen molar-refractivity contribution in [3.05, 3.63) is 53.0 Å². The summed E-state index contributed by atoms with van der Waals surface area (Å²) < 4.78 is 13.7. The topological polar surface area (TPSA) is 116 Å². The molecule has 1 aliphatic heterocycles. The normalized spacial score (nSPS) is 20.0. The molecule has 8 nitrogen and oxygen atoms in total. The van der Waals surface area contributed by atoms with E-state index in [-0.39, 0.29) is 24.1 Å². The lowest BCUT2D eigenvalue weighted by Gasteiger charge is -2.20. The lowest BCUT2D eigenvalue weighted by Crippen LogP contribution is -2.49. The second-order valence-corrected chi connectivity index (χ2v) is 7.30. The Morgan fingerprint density at radius 1 is 1.19 bits per heavy atom. The predicted molar refractivity (Wildman–Crippen MR) is 114 cm³/mol. The highest BCUT2D eigenvalue weighted by Gasteiger charge is 2.21. The maximum atomic E-state index is 13.7. The zero-order valence-electron chi connectivity index (χ0n) is 17.6. The van der Waals surface area contributed by atoms with Crippen molar-refractivity contribution in [3.63, 3.8) is 0 Å². The number of halogens is 1. The molecule has 1 aromatic rings. The van der Waals surface area contributed by atoms with Crippen LogP contribution in [0, 0.1) is 12.7 Å². The molecule has 1 heterocycles. The molecule has 4 amide bonds. The second-order valence-electron chi connectivity index (χ2n) is 7.30. The predicted octanol–water partition coefficient (Wildman–Crippen LogP) is 1.07. The van der Waals surface area contributed by atoms with Crippen LogP contribution in [0.2, 0.25) is 0 Å². The van der Waals surface area contributed by atoms with Crippen LogP contribution >= 0.6 is 0 Å². The van der Waals surface area contributed by atoms with Gasteiger partial charge in [-0.1, -0.05) is 6.07 Å². The molecule has 0 unspecified atom stereocenters. The van der Waals surface area contributed by atoms with Gasteiger partial charge in [-0.05, 0) is 61.6 Å². The standard InChI is InChI=1S/C22H27FN4O4/c1-14-9-16(11-17(23)10-14)12-18-6-7-20(29)24-8-4-3-5-19(22(31)26-18)27-21(30)13-25-15(2)28/h6-7,9-12,19H,3-5,8,13H2,1-2H3,(H,24,29)(H,25,28)(H,26,31)(H,27,30)/b7-6+,18-12+/t19-/m0/s1. The SMILES string of the molecule is CC(=O)NCC(=O)N[C@H]1CCCCNC(=O)/C=C/C(=C\c2cc(C)cc(F)c2)NC1=O. The minimum Gasteiger partial charge on any atom is -0.353 e. The number of rotatable bonds is 4. The molecular weight excluding hydrogens is 403 g/mol. The van der Waals surface area contributed by atoms with E-state index in [0.29, 0.717) is 36.9 Å². The molecule has 0 radical (unpaired) electrons. The molecule has 1 aliphatic rings. The van der Waals surface area contributed by atoms with Gasteiger partial charge in [-0.25, -0.2) is 4.39 Å². The van der Waals surface area contributed by atoms with E-state index < -0.39 is 23.7 Å². The molecule has 0 saturated carbocycles. The Bertz CT molecular complexity index is 891. The minimum absolute atomic E-state index is 0.236. The molecule has 1 aromatic carbocycles. The lowest BCUT2D eigenvalue weighted by atomic mass is 10.1. The summed E-state index contributed by atoms with van der Waals surface area (Å²) >= 11 is 0. The van der Waals surface area contributed by atoms with Crippen LogP contribution in [0.25, 0.3) is 6.08 Å². The number of carbonyl (C=O) groups is 4. The first-order valence-corrected chi connectivity index (χ1v) is 10.0. The van der Waals surface area contributed by atoms with Crippen molar-refractivity contribution in [2.24, 2.45) is 0 Å². The van der Waals surface area contributed by atoms with E-state index in [9.17, 15) is 23.6 Å². The summed E-state index contributed by atoms with van der Waals surface area (Å²) in [5, 5.41) is 10.4. The van der Waals surface area contributed by atoms with Gasteiger partial charge in [0.25, 0.3) is 0 Å². The highest BCUT2D eigenvalue weighted by molar-refractivity contribution is 5.92. The quantitative estimate of drug-likeness (QED) is 0.572. The van der Waals surface area contributed by atoms with Crippen molar-refractivity contribution in [1.82, 2.24) is 21.3 Å². The van der Waals surface area contributed by atoms with Crippen molar-refractivity contribution >= 4 is 29.7 Å². The molecule has 9 heteroatoms. The number of hydrogen-bond acceptors (Lipinski definition) is 4. The summed E-state index contributed by atoms with van der Waals surface area (Å²) in [5.74, 6) is -2.04. The van der Waals surface area contributed by atoms with Gasteiger partial charge in [-0.15, -0.1) is 0 Å². The fraction of sp³-hybridized carbons (Fsp3) is 0.364. The first-order valence-electron chi connectivity index (χ1n) is 10.0. The Hall–Kier alpha value is -3.49. The maximum Gasteiger partial charge on any atom is 0.246 e. The van der Waals surface area contributed by atoms with E-state index in [0.717, 1.165) is 0 Å². The van der Waals surface area contributed by atoms with Gasteiger partial charge in [0.1, 0.15) is 11.9 Å². The first-order chi connectivity index (χ1) is 14.7. The van der Waals surface area contributed by atoms with E-state index in [1.807, 2.05) is 0 Å². The number of benzene rings is 1. The number of carbonyl (C=O) groups excluding carboxylic acids is 4. The summed E-state index contributed by atoms with van der Waals surface area (Å²) in [6, 6.07) is 3.59. The number of hydrogen-bond donors (Lipinski definition) is 4. The van der Waals surface area contributed by atoms with E-state index in [2.05, 4.69) is 21.3 Å². The van der Waals surface area contributed by atoms with Gasteiger partial charge in [-0.3, -0.25) is 19.2 Å². The molecule has 2 rings (SSSR count). The van der Waals surface area contributed by atoms with Crippen molar-refractivity contribution in [3.8, 4) is 0 Å². The van der Waals surface area contributed by atoms with Crippen LogP contribution in [0.5, 0.6) is 0 Å². The van der Waals surface area contributed by atoms with Crippen LogP contribution in [0.4, 0.5) is 4.39 Å². The van der Waals surface area contributed by atoms with Crippen molar-refractivity contribution in [2.45, 2.75) is 39.2 Å². The third-order valence-electron chi connectivity index (χ3n) is 4.44. The Morgan fingerprint density at radius 2 is 1.97 bits per heavy atom. The Kier molecular flexibility index (Phi) is 8.93. The Morgan fingerprint density at radius 3 is 2.68 bits per heavy atom. The summed E-state index contributed by atoms with van der Waals surface area (Å²) in [6.45, 7) is 3.23. The molecule has 1 atom stereocenters. The van der Waals surface area contributed by atoms with E-state index in [1.165, 1.54) is 31.2 Å². The Labute approximate surface area is 180 Å². The largest absolute Gasteiger partial charge is 0.353 e. The van der Waals surface area contributed by atoms with Crippen molar-refractivity contribution in [2.75, 3.05) is 13.1 Å². The molecule has 4 N–H and O–H groups in total. The van der Waals surface area contributed by atoms with Gasteiger partial charge in [0.2, 0.25) is 23.6 Å². The average Bonchev–Trinajstić information content (AvgIpc) is 2.67. The number of nitrogens with one attached hydrogen (secondary N) is 4. The fourth-order valence-electron chi connectivity index (χ4n) is 3.01. The van der Waals surface area contributed by atoms with E-state index >= 15 is 0 Å². The maximum absolute atomic E-state index is 13.7. The van der Waals surface area contributed by atoms with Gasteiger partial charge in [0.15, 0.2) is 0 Å². The van der Waals surface area contributed by atoms with E-state index in [1.54, 1.807) is 19.1 Å². The molecule has 0 bridgehead atoms. The Balaban J connectivity index is 2.26. The zero-order valence-corrected chi connectivity index (χ0v) is 17.6. The van der Waals surface area contributed by atoms with Crippen LogP contribution in [0.3, 0.4) is 0 Å². The zero-order chi connectivity index (χ0) is 22.8. The highest BCUT2D eigenvalue weighted by Crippen LogP contribution is 2.13. The van der Waals surface area contributed by atoms with Gasteiger partial charge in [0, 0.05) is 25.2 Å². The van der Waals surface area contributed by atoms with Gasteiger partial charge in [-0.2, -0.15) is 0 Å². The fourth-order valence-corrected chi connectivity index (χ4v) is 3.01. The number of amides is 4. The summed E-state index contributed by atoms with van der Waals surface area (Å²) in [5.41, 5.74) is 1.49. The van der Waals surface area contributed by atoms with Crippen LogP contribution in [0.15, 0.2) is 36.0 Å². The van der Waals surface area contributed by atoms with Gasteiger partial charge < -0.3 is 21.3 Å². The summed E-state index contributed by atoms with van der Waals surface area (Å²) in [6.07, 6.45) is 5.82. The first kappa shape index (κ1) is 23.8. The van der Waals surface area contributed by atoms with Crippen LogP contribution in [-0.2, 0) is 19.2 Å². The highest BCUT2D eigenvalue weighted by atomic mass is 19.1. The minimum atomic E-state index is -0.831. The van der Waals surface area contributed by atoms with Crippen LogP contribution in [-0.4, -0.2) is 42.8 Å². The monoisotopic (exact) mass is 430 g/mol. The van der Waals surface area contributed by atoms with Crippen molar-refractivity contribution < 1.29 is 23.6 Å². The summed E-state index contributed by atoms with van der Waals surface area (Å²) in [4.78, 5) is 47.9. The van der Waals surface area contributed by atoms with Gasteiger partial charge in [0.05, 0.1) is 6.54 Å². The number of aryl methyl sites for hydroxylation is 1. The average molecular weight is 430 g/mol. The molecule has 166 valence electrons. The number of allylic oxidation sites excluding steroid dienone is 1. The molecule has 0 aromatic heterocycles. The van der Waals surface area contributed by atoms with Crippen LogP contribution in [0.1, 0.15) is 37.3 Å². The third-order valence-corrected chi connectivity index (χ3v) is 4.44. The van der Waals surface area contributed by atoms with Crippen molar-refractivity contribution in [1.29, 1.82) is 0 Å². The summed E-state index contributed by atoms with van der Waals surface area (Å²) in [7, 11) is 0. The molecule has 0 aliphatic carbocycles. The van der Waals surface area contributed by atoms with Crippen LogP contribution < -0.4 is 21.3 Å². The molecule has 0 spiro atoms. The molecular formula is C22H27FN4O4. The molecule has 0 saturated heterocycles. The van der Waals surface area contributed by atoms with Gasteiger partial charge >= 0.3 is 0 Å².